The highest BCUT2D eigenvalue weighted by molar-refractivity contribution is 5.83. The molecule has 0 bridgehead atoms. The van der Waals surface area contributed by atoms with Crippen LogP contribution in [0.25, 0.3) is 23.1 Å². The fourth-order valence-corrected chi connectivity index (χ4v) is 4.17. The smallest absolute Gasteiger partial charge is 0.262 e. The van der Waals surface area contributed by atoms with Gasteiger partial charge >= 0.3 is 0 Å². The molecule has 3 aromatic rings. The first-order chi connectivity index (χ1) is 17.2. The SMILES string of the molecule is C=C(C)Cn1c(/C=C/c2ccc(C(C)C)cc2)nc2cc(NCCCN(CC)CC)c(F)cc2c1=O. The minimum absolute atomic E-state index is 0.265. The van der Waals surface area contributed by atoms with Crippen LogP contribution in [-0.4, -0.2) is 40.6 Å². The van der Waals surface area contributed by atoms with E-state index >= 15 is 0 Å². The van der Waals surface area contributed by atoms with Gasteiger partial charge in [-0.25, -0.2) is 9.37 Å². The molecule has 1 heterocycles. The number of benzene rings is 2. The lowest BCUT2D eigenvalue weighted by Gasteiger charge is -2.18. The zero-order valence-electron chi connectivity index (χ0n) is 22.3. The van der Waals surface area contributed by atoms with Crippen molar-refractivity contribution in [2.75, 3.05) is 31.5 Å². The van der Waals surface area contributed by atoms with Gasteiger partial charge in [0.25, 0.3) is 5.56 Å². The van der Waals surface area contributed by atoms with Gasteiger partial charge in [-0.2, -0.15) is 0 Å². The van der Waals surface area contributed by atoms with Crippen molar-refractivity contribution >= 4 is 28.7 Å². The highest BCUT2D eigenvalue weighted by Gasteiger charge is 2.14. The van der Waals surface area contributed by atoms with E-state index in [9.17, 15) is 9.18 Å². The van der Waals surface area contributed by atoms with Crippen LogP contribution in [0.3, 0.4) is 0 Å². The minimum atomic E-state index is -0.445. The Balaban J connectivity index is 1.93. The van der Waals surface area contributed by atoms with E-state index < -0.39 is 5.82 Å². The van der Waals surface area contributed by atoms with Crippen LogP contribution in [0.4, 0.5) is 10.1 Å². The number of hydrogen-bond acceptors (Lipinski definition) is 4. The number of nitrogens with one attached hydrogen (secondary N) is 1. The van der Waals surface area contributed by atoms with Crippen LogP contribution in [-0.2, 0) is 6.54 Å². The summed E-state index contributed by atoms with van der Waals surface area (Å²) in [6.45, 7) is 18.3. The molecular formula is C30H39FN4O. The second kappa shape index (κ2) is 12.6. The van der Waals surface area contributed by atoms with Crippen LogP contribution in [0.5, 0.6) is 0 Å². The molecule has 0 aliphatic rings. The second-order valence-electron chi connectivity index (χ2n) is 9.63. The number of anilines is 1. The predicted octanol–water partition coefficient (Wildman–Crippen LogP) is 6.55. The van der Waals surface area contributed by atoms with Gasteiger partial charge in [-0.1, -0.05) is 70.2 Å². The topological polar surface area (TPSA) is 50.2 Å². The van der Waals surface area contributed by atoms with Crippen LogP contribution in [0, 0.1) is 5.82 Å². The van der Waals surface area contributed by atoms with E-state index in [0.29, 0.717) is 36.0 Å². The molecule has 0 radical (unpaired) electrons. The van der Waals surface area contributed by atoms with Gasteiger partial charge in [0.05, 0.1) is 16.6 Å². The van der Waals surface area contributed by atoms with Gasteiger partial charge in [0, 0.05) is 13.1 Å². The Morgan fingerprint density at radius 3 is 2.47 bits per heavy atom. The molecule has 2 aromatic carbocycles. The van der Waals surface area contributed by atoms with Crippen LogP contribution in [0.2, 0.25) is 0 Å². The first-order valence-electron chi connectivity index (χ1n) is 12.9. The summed E-state index contributed by atoms with van der Waals surface area (Å²) in [6, 6.07) is 11.3. The van der Waals surface area contributed by atoms with E-state index in [-0.39, 0.29) is 10.9 Å². The number of halogens is 1. The second-order valence-corrected chi connectivity index (χ2v) is 9.63. The lowest BCUT2D eigenvalue weighted by molar-refractivity contribution is 0.303. The summed E-state index contributed by atoms with van der Waals surface area (Å²) < 4.78 is 16.4. The van der Waals surface area contributed by atoms with E-state index in [1.807, 2.05) is 19.1 Å². The van der Waals surface area contributed by atoms with Crippen molar-refractivity contribution in [3.8, 4) is 0 Å². The maximum Gasteiger partial charge on any atom is 0.262 e. The molecule has 0 saturated heterocycles. The maximum absolute atomic E-state index is 14.9. The average Bonchev–Trinajstić information content (AvgIpc) is 2.85. The van der Waals surface area contributed by atoms with E-state index in [4.69, 9.17) is 4.98 Å². The van der Waals surface area contributed by atoms with Crippen molar-refractivity contribution in [3.63, 3.8) is 0 Å². The first-order valence-corrected chi connectivity index (χ1v) is 12.9. The summed E-state index contributed by atoms with van der Waals surface area (Å²) in [7, 11) is 0. The maximum atomic E-state index is 14.9. The molecule has 0 aliphatic heterocycles. The van der Waals surface area contributed by atoms with Crippen molar-refractivity contribution in [1.82, 2.24) is 14.5 Å². The normalized spacial score (nSPS) is 11.8. The number of nitrogens with zero attached hydrogens (tertiary/aromatic N) is 3. The van der Waals surface area contributed by atoms with Crippen molar-refractivity contribution in [3.05, 3.63) is 81.7 Å². The highest BCUT2D eigenvalue weighted by atomic mass is 19.1. The van der Waals surface area contributed by atoms with Gasteiger partial charge in [-0.05, 0) is 68.2 Å². The molecule has 192 valence electrons. The number of aromatic nitrogens is 2. The summed E-state index contributed by atoms with van der Waals surface area (Å²) in [6.07, 6.45) is 4.69. The number of fused-ring (bicyclic) bond motifs is 1. The highest BCUT2D eigenvalue weighted by Crippen LogP contribution is 2.22. The largest absolute Gasteiger partial charge is 0.383 e. The summed E-state index contributed by atoms with van der Waals surface area (Å²) in [5, 5.41) is 3.45. The summed E-state index contributed by atoms with van der Waals surface area (Å²) in [4.78, 5) is 20.4. The van der Waals surface area contributed by atoms with Crippen molar-refractivity contribution in [2.45, 2.75) is 53.5 Å². The molecule has 36 heavy (non-hydrogen) atoms. The van der Waals surface area contributed by atoms with Crippen molar-refractivity contribution in [1.29, 1.82) is 0 Å². The molecule has 0 saturated carbocycles. The van der Waals surface area contributed by atoms with E-state index in [1.54, 1.807) is 10.6 Å². The Morgan fingerprint density at radius 1 is 1.17 bits per heavy atom. The Bertz CT molecular complexity index is 1270. The zero-order valence-corrected chi connectivity index (χ0v) is 22.3. The number of rotatable bonds is 12. The summed E-state index contributed by atoms with van der Waals surface area (Å²) >= 11 is 0. The zero-order chi connectivity index (χ0) is 26.2. The molecule has 0 unspecified atom stereocenters. The molecular weight excluding hydrogens is 451 g/mol. The van der Waals surface area contributed by atoms with Crippen LogP contribution in [0.1, 0.15) is 63.9 Å². The quantitative estimate of drug-likeness (QED) is 0.231. The van der Waals surface area contributed by atoms with Crippen molar-refractivity contribution < 1.29 is 4.39 Å². The molecule has 0 amide bonds. The summed E-state index contributed by atoms with van der Waals surface area (Å²) in [5.74, 6) is 0.536. The molecule has 1 N–H and O–H groups in total. The Morgan fingerprint density at radius 2 is 1.86 bits per heavy atom. The monoisotopic (exact) mass is 490 g/mol. The Kier molecular flexibility index (Phi) is 9.59. The van der Waals surface area contributed by atoms with Gasteiger partial charge in [-0.15, -0.1) is 0 Å². The molecule has 0 fully saturated rings. The minimum Gasteiger partial charge on any atom is -0.383 e. The van der Waals surface area contributed by atoms with E-state index in [0.717, 1.165) is 37.2 Å². The number of allylic oxidation sites excluding steroid dienone is 1. The average molecular weight is 491 g/mol. The van der Waals surface area contributed by atoms with Crippen molar-refractivity contribution in [2.24, 2.45) is 0 Å². The lowest BCUT2D eigenvalue weighted by atomic mass is 10.0. The number of hydrogen-bond donors (Lipinski definition) is 1. The fraction of sp³-hybridized carbons (Fsp3) is 0.400. The third-order valence-electron chi connectivity index (χ3n) is 6.39. The van der Waals surface area contributed by atoms with Crippen LogP contribution >= 0.6 is 0 Å². The molecule has 0 aliphatic carbocycles. The Labute approximate surface area is 214 Å². The fourth-order valence-electron chi connectivity index (χ4n) is 4.17. The summed E-state index contributed by atoms with van der Waals surface area (Å²) in [5.41, 5.74) is 3.68. The third kappa shape index (κ3) is 6.91. The van der Waals surface area contributed by atoms with Gasteiger partial charge < -0.3 is 10.2 Å². The molecule has 1 aromatic heterocycles. The molecule has 3 rings (SSSR count). The van der Waals surface area contributed by atoms with E-state index in [2.05, 4.69) is 68.8 Å². The third-order valence-corrected chi connectivity index (χ3v) is 6.39. The van der Waals surface area contributed by atoms with Gasteiger partial charge in [0.15, 0.2) is 0 Å². The van der Waals surface area contributed by atoms with Crippen LogP contribution < -0.4 is 10.9 Å². The van der Waals surface area contributed by atoms with Crippen LogP contribution in [0.15, 0.2) is 53.3 Å². The van der Waals surface area contributed by atoms with Gasteiger partial charge in [0.1, 0.15) is 11.6 Å². The van der Waals surface area contributed by atoms with Gasteiger partial charge in [-0.3, -0.25) is 9.36 Å². The predicted molar refractivity (Wildman–Crippen MR) is 151 cm³/mol. The molecule has 6 heteroatoms. The lowest BCUT2D eigenvalue weighted by Crippen LogP contribution is -2.25. The molecule has 0 spiro atoms. The molecule has 5 nitrogen and oxygen atoms in total. The standard InChI is InChI=1S/C30H39FN4O/c1-7-34(8-2)17-9-16-32-28-19-27-25(18-26(28)31)30(36)35(20-21(3)4)29(33-27)15-12-23-10-13-24(14-11-23)22(5)6/h10-15,18-19,22,32H,3,7-9,16-17,20H2,1-2,4-6H3/b15-12+. The van der Waals surface area contributed by atoms with E-state index in [1.165, 1.54) is 11.6 Å². The Hall–Kier alpha value is -3.25. The van der Waals surface area contributed by atoms with Gasteiger partial charge in [0.2, 0.25) is 0 Å². The molecule has 0 atom stereocenters. The first kappa shape index (κ1) is 27.3.